The monoisotopic (exact) mass is 613 g/mol. The number of phenolic OH excluding ortho intramolecular Hbond substituents is 2. The van der Waals surface area contributed by atoms with Gasteiger partial charge < -0.3 is 44.5 Å². The van der Waals surface area contributed by atoms with E-state index < -0.39 is 89.6 Å². The van der Waals surface area contributed by atoms with E-state index in [4.69, 9.17) is 18.9 Å². The lowest BCUT2D eigenvalue weighted by Crippen LogP contribution is -2.58. The number of carbonyl (C=O) groups excluding carboxylic acids is 3. The van der Waals surface area contributed by atoms with Crippen molar-refractivity contribution >= 4 is 17.3 Å². The zero-order valence-corrected chi connectivity index (χ0v) is 24.3. The average molecular weight is 614 g/mol. The first-order valence-corrected chi connectivity index (χ1v) is 14.5. The molecule has 4 aliphatic rings. The molecular formula is C31H35NO12. The van der Waals surface area contributed by atoms with Gasteiger partial charge in [0.25, 0.3) is 0 Å². The van der Waals surface area contributed by atoms with Crippen LogP contribution in [0.1, 0.15) is 68.8 Å². The number of phenols is 2. The molecule has 2 aliphatic carbocycles. The second-order valence-corrected chi connectivity index (χ2v) is 11.7. The van der Waals surface area contributed by atoms with Crippen molar-refractivity contribution in [2.24, 2.45) is 0 Å². The lowest BCUT2D eigenvalue weighted by molar-refractivity contribution is -0.260. The minimum absolute atomic E-state index is 0.0425. The lowest BCUT2D eigenvalue weighted by Gasteiger charge is -2.46. The summed E-state index contributed by atoms with van der Waals surface area (Å²) < 4.78 is 23.0. The largest absolute Gasteiger partial charge is 0.507 e. The minimum Gasteiger partial charge on any atom is -0.507 e. The Bertz CT molecular complexity index is 1520. The third-order valence-corrected chi connectivity index (χ3v) is 9.24. The number of aliphatic hydroxyl groups is 3. The Morgan fingerprint density at radius 2 is 1.80 bits per heavy atom. The summed E-state index contributed by atoms with van der Waals surface area (Å²) in [5.41, 5.74) is -3.52. The molecule has 6 atom stereocenters. The van der Waals surface area contributed by atoms with Crippen LogP contribution in [0.3, 0.4) is 0 Å². The van der Waals surface area contributed by atoms with E-state index in [0.717, 1.165) is 0 Å². The highest BCUT2D eigenvalue weighted by molar-refractivity contribution is 6.31. The van der Waals surface area contributed by atoms with Crippen LogP contribution in [0.15, 0.2) is 18.2 Å². The minimum atomic E-state index is -2.24. The average Bonchev–Trinajstić information content (AvgIpc) is 3.02. The molecule has 13 nitrogen and oxygen atoms in total. The fraction of sp³-hybridized carbons (Fsp3) is 0.516. The molecule has 0 saturated carbocycles. The molecule has 2 heterocycles. The highest BCUT2D eigenvalue weighted by Gasteiger charge is 2.50. The number of benzene rings is 2. The molecule has 2 saturated heterocycles. The molecule has 0 bridgehead atoms. The number of methoxy groups -OCH3 is 1. The highest BCUT2D eigenvalue weighted by Crippen LogP contribution is 2.52. The number of aliphatic hydroxyl groups excluding tert-OH is 2. The van der Waals surface area contributed by atoms with E-state index >= 15 is 0 Å². The Labute approximate surface area is 252 Å². The summed E-state index contributed by atoms with van der Waals surface area (Å²) in [6.45, 7) is 2.83. The van der Waals surface area contributed by atoms with Crippen molar-refractivity contribution in [1.82, 2.24) is 4.90 Å². The second kappa shape index (κ2) is 11.5. The van der Waals surface area contributed by atoms with Crippen LogP contribution >= 0.6 is 0 Å². The molecule has 5 N–H and O–H groups in total. The van der Waals surface area contributed by atoms with Gasteiger partial charge in [-0.15, -0.1) is 0 Å². The first kappa shape index (κ1) is 30.6. The number of Topliss-reactive ketones (excluding diaryl/α,β-unsaturated/α-hetero) is 1. The molecule has 2 aromatic carbocycles. The van der Waals surface area contributed by atoms with Gasteiger partial charge >= 0.3 is 0 Å². The number of fused-ring (bicyclic) bond motifs is 3. The molecule has 6 rings (SSSR count). The van der Waals surface area contributed by atoms with Crippen LogP contribution in [0.5, 0.6) is 17.2 Å². The topological polar surface area (TPSA) is 193 Å². The molecule has 236 valence electrons. The van der Waals surface area contributed by atoms with Gasteiger partial charge in [0.2, 0.25) is 5.78 Å². The maximum Gasteiger partial charge on any atom is 0.202 e. The first-order valence-electron chi connectivity index (χ1n) is 14.5. The van der Waals surface area contributed by atoms with Gasteiger partial charge in [-0.1, -0.05) is 12.1 Å². The summed E-state index contributed by atoms with van der Waals surface area (Å²) in [6.07, 6.45) is -4.66. The van der Waals surface area contributed by atoms with Crippen LogP contribution in [0.2, 0.25) is 0 Å². The van der Waals surface area contributed by atoms with Crippen LogP contribution < -0.4 is 4.74 Å². The number of hydrogen-bond acceptors (Lipinski definition) is 13. The van der Waals surface area contributed by atoms with Gasteiger partial charge in [-0.2, -0.15) is 0 Å². The summed E-state index contributed by atoms with van der Waals surface area (Å²) in [5.74, 6) is -3.68. The third kappa shape index (κ3) is 4.79. The Morgan fingerprint density at radius 1 is 1.09 bits per heavy atom. The van der Waals surface area contributed by atoms with Gasteiger partial charge in [0.05, 0.1) is 55.3 Å². The fourth-order valence-electron chi connectivity index (χ4n) is 6.96. The van der Waals surface area contributed by atoms with Gasteiger partial charge in [-0.3, -0.25) is 19.3 Å². The van der Waals surface area contributed by atoms with Gasteiger partial charge in [0.1, 0.15) is 29.5 Å². The van der Waals surface area contributed by atoms with Crippen LogP contribution in [0.4, 0.5) is 0 Å². The van der Waals surface area contributed by atoms with E-state index in [2.05, 4.69) is 4.90 Å². The summed E-state index contributed by atoms with van der Waals surface area (Å²) >= 11 is 0. The predicted molar refractivity (Wildman–Crippen MR) is 150 cm³/mol. The number of carbonyl (C=O) groups is 3. The summed E-state index contributed by atoms with van der Waals surface area (Å²) in [4.78, 5) is 42.3. The molecule has 0 radical (unpaired) electrons. The Kier molecular flexibility index (Phi) is 7.99. The molecule has 13 heteroatoms. The molecular weight excluding hydrogens is 578 g/mol. The number of rotatable bonds is 6. The number of nitrogens with zero attached hydrogens (tertiary/aromatic N) is 1. The number of aromatic hydroxyl groups is 2. The molecule has 0 aromatic heterocycles. The van der Waals surface area contributed by atoms with Crippen LogP contribution in [0, 0.1) is 0 Å². The number of ketones is 3. The first-order chi connectivity index (χ1) is 21.0. The van der Waals surface area contributed by atoms with Crippen molar-refractivity contribution < 1.29 is 58.9 Å². The summed E-state index contributed by atoms with van der Waals surface area (Å²) in [6, 6.07) is 4.04. The van der Waals surface area contributed by atoms with Crippen molar-refractivity contribution in [3.8, 4) is 17.2 Å². The van der Waals surface area contributed by atoms with Gasteiger partial charge in [-0.25, -0.2) is 0 Å². The standard InChI is InChI=1S/C31H35NO12/c1-14-26(35)17(32-6-8-42-9-7-32)10-21(43-14)44-19-12-31(40,20(34)13-33)11-16-23(19)30(39)25-24(28(16)37)27(36)15-4-3-5-18(41-2)22(15)29(25)38/h3-5,14,17,19,21,26,33,35,37,39-40H,6-13H2,1-2H3/t14?,17-,19+,21+,26+,31+/m1/s1. The molecule has 2 aliphatic heterocycles. The summed E-state index contributed by atoms with van der Waals surface area (Å²) in [5, 5.41) is 55.2. The SMILES string of the molecule is COc1cccc2c1C(=O)c1c(O)c3c(c(O)c1C2=O)C[C@@](O)(C(=O)CO)C[C@@H]3O[C@H]1C[C@@H](N2CCOCC2)[C@@H](O)C(C)O1. The van der Waals surface area contributed by atoms with Crippen LogP contribution in [-0.4, -0.2) is 118 Å². The fourth-order valence-corrected chi connectivity index (χ4v) is 6.96. The third-order valence-electron chi connectivity index (χ3n) is 9.24. The molecule has 1 unspecified atom stereocenters. The normalized spacial score (nSPS) is 30.3. The zero-order valence-electron chi connectivity index (χ0n) is 24.3. The quantitative estimate of drug-likeness (QED) is 0.240. The molecule has 2 fully saturated rings. The predicted octanol–water partition coefficient (Wildman–Crippen LogP) is 0.375. The zero-order chi connectivity index (χ0) is 31.5. The van der Waals surface area contributed by atoms with E-state index in [-0.39, 0.29) is 40.5 Å². The number of hydrogen-bond donors (Lipinski definition) is 5. The van der Waals surface area contributed by atoms with Crippen LogP contribution in [-0.2, 0) is 25.4 Å². The Hall–Kier alpha value is -3.43. The Balaban J connectivity index is 1.45. The smallest absolute Gasteiger partial charge is 0.202 e. The van der Waals surface area contributed by atoms with Gasteiger partial charge in [-0.05, 0) is 13.0 Å². The van der Waals surface area contributed by atoms with E-state index in [1.165, 1.54) is 25.3 Å². The maximum absolute atomic E-state index is 13.8. The van der Waals surface area contributed by atoms with E-state index in [9.17, 15) is 39.9 Å². The van der Waals surface area contributed by atoms with Crippen molar-refractivity contribution in [2.45, 2.75) is 62.4 Å². The van der Waals surface area contributed by atoms with Crippen molar-refractivity contribution in [3.05, 3.63) is 51.6 Å². The summed E-state index contributed by atoms with van der Waals surface area (Å²) in [7, 11) is 1.34. The molecule has 44 heavy (non-hydrogen) atoms. The lowest BCUT2D eigenvalue weighted by atomic mass is 9.72. The maximum atomic E-state index is 13.8. The Morgan fingerprint density at radius 3 is 2.48 bits per heavy atom. The van der Waals surface area contributed by atoms with Crippen LogP contribution in [0.25, 0.3) is 0 Å². The number of morpholine rings is 1. The molecule has 0 spiro atoms. The number of ether oxygens (including phenoxy) is 4. The van der Waals surface area contributed by atoms with Gasteiger partial charge in [0, 0.05) is 55.1 Å². The van der Waals surface area contributed by atoms with Crippen molar-refractivity contribution in [1.29, 1.82) is 0 Å². The van der Waals surface area contributed by atoms with Gasteiger partial charge in [0.15, 0.2) is 17.9 Å². The van der Waals surface area contributed by atoms with Crippen molar-refractivity contribution in [3.63, 3.8) is 0 Å². The molecule has 0 amide bonds. The van der Waals surface area contributed by atoms with E-state index in [1.54, 1.807) is 6.92 Å². The van der Waals surface area contributed by atoms with E-state index in [1.807, 2.05) is 0 Å². The van der Waals surface area contributed by atoms with E-state index in [0.29, 0.717) is 26.3 Å². The molecule has 2 aromatic rings. The highest BCUT2D eigenvalue weighted by atomic mass is 16.7. The van der Waals surface area contributed by atoms with Crippen molar-refractivity contribution in [2.75, 3.05) is 40.0 Å². The second-order valence-electron chi connectivity index (χ2n) is 11.7.